The third kappa shape index (κ3) is 1.47. The molecule has 0 aliphatic carbocycles. The van der Waals surface area contributed by atoms with E-state index in [0.29, 0.717) is 0 Å². The van der Waals surface area contributed by atoms with Gasteiger partial charge in [-0.1, -0.05) is 49.6 Å². The Balaban J connectivity index is 2.68. The lowest BCUT2D eigenvalue weighted by Crippen LogP contribution is -1.77. The van der Waals surface area contributed by atoms with Crippen LogP contribution in [0.15, 0.2) is 49.6 Å². The van der Waals surface area contributed by atoms with Crippen LogP contribution in [0.3, 0.4) is 0 Å². The second kappa shape index (κ2) is 3.51. The fraction of sp³-hybridized carbons (Fsp3) is 0. The van der Waals surface area contributed by atoms with Crippen molar-refractivity contribution < 1.29 is 0 Å². The Kier molecular flexibility index (Phi) is 2.19. The summed E-state index contributed by atoms with van der Waals surface area (Å²) in [4.78, 5) is 0. The van der Waals surface area contributed by atoms with E-state index in [9.17, 15) is 0 Å². The van der Waals surface area contributed by atoms with E-state index >= 15 is 0 Å². The molecule has 0 aliphatic rings. The molecule has 0 atom stereocenters. The standard InChI is InChI=1S/C14H12/c1-3-11-5-7-14-10-12(4-2)6-8-13(14)9-11/h3-10H,1-2H2. The van der Waals surface area contributed by atoms with Crippen LogP contribution in [0.1, 0.15) is 11.1 Å². The second-order valence-corrected chi connectivity index (χ2v) is 3.27. The van der Waals surface area contributed by atoms with Gasteiger partial charge in [0.05, 0.1) is 0 Å². The van der Waals surface area contributed by atoms with Gasteiger partial charge in [-0.25, -0.2) is 0 Å². The molecule has 2 aromatic rings. The summed E-state index contributed by atoms with van der Waals surface area (Å²) < 4.78 is 0. The molecule has 0 saturated heterocycles. The Labute approximate surface area is 84.2 Å². The summed E-state index contributed by atoms with van der Waals surface area (Å²) in [6, 6.07) is 12.6. The first-order chi connectivity index (χ1) is 6.83. The highest BCUT2D eigenvalue weighted by Crippen LogP contribution is 2.18. The molecule has 0 aliphatic heterocycles. The van der Waals surface area contributed by atoms with Crippen LogP contribution in [0.4, 0.5) is 0 Å². The summed E-state index contributed by atoms with van der Waals surface area (Å²) >= 11 is 0. The van der Waals surface area contributed by atoms with Gasteiger partial charge >= 0.3 is 0 Å². The zero-order valence-electron chi connectivity index (χ0n) is 8.03. The van der Waals surface area contributed by atoms with E-state index < -0.39 is 0 Å². The normalized spacial score (nSPS) is 10.0. The number of fused-ring (bicyclic) bond motifs is 1. The summed E-state index contributed by atoms with van der Waals surface area (Å²) in [5.74, 6) is 0. The van der Waals surface area contributed by atoms with Crippen molar-refractivity contribution in [1.29, 1.82) is 0 Å². The first kappa shape index (κ1) is 8.76. The maximum Gasteiger partial charge on any atom is -0.0178 e. The molecule has 0 bridgehead atoms. The van der Waals surface area contributed by atoms with E-state index in [4.69, 9.17) is 0 Å². The minimum absolute atomic E-state index is 1.16. The van der Waals surface area contributed by atoms with Gasteiger partial charge in [-0.3, -0.25) is 0 Å². The van der Waals surface area contributed by atoms with E-state index in [-0.39, 0.29) is 0 Å². The maximum atomic E-state index is 3.76. The zero-order valence-corrected chi connectivity index (χ0v) is 8.03. The van der Waals surface area contributed by atoms with Crippen LogP contribution in [-0.2, 0) is 0 Å². The topological polar surface area (TPSA) is 0 Å². The van der Waals surface area contributed by atoms with Gasteiger partial charge in [-0.15, -0.1) is 0 Å². The van der Waals surface area contributed by atoms with Gasteiger partial charge in [0.15, 0.2) is 0 Å². The van der Waals surface area contributed by atoms with Crippen LogP contribution >= 0.6 is 0 Å². The molecule has 14 heavy (non-hydrogen) atoms. The van der Waals surface area contributed by atoms with Gasteiger partial charge in [0.1, 0.15) is 0 Å². The van der Waals surface area contributed by atoms with Crippen molar-refractivity contribution in [3.63, 3.8) is 0 Å². The molecule has 0 aromatic heterocycles. The van der Waals surface area contributed by atoms with Crippen molar-refractivity contribution >= 4 is 22.9 Å². The highest BCUT2D eigenvalue weighted by atomic mass is 14.0. The molecule has 0 N–H and O–H groups in total. The lowest BCUT2D eigenvalue weighted by Gasteiger charge is -2.00. The number of hydrogen-bond donors (Lipinski definition) is 0. The van der Waals surface area contributed by atoms with Gasteiger partial charge in [0.2, 0.25) is 0 Å². The fourth-order valence-corrected chi connectivity index (χ4v) is 1.54. The van der Waals surface area contributed by atoms with E-state index in [2.05, 4.69) is 49.6 Å². The average Bonchev–Trinajstić information content (AvgIpc) is 2.27. The molecule has 0 radical (unpaired) electrons. The molecule has 0 heteroatoms. The molecule has 0 spiro atoms. The zero-order chi connectivity index (χ0) is 9.97. The van der Waals surface area contributed by atoms with Crippen LogP contribution in [0.25, 0.3) is 22.9 Å². The van der Waals surface area contributed by atoms with Crippen molar-refractivity contribution in [3.8, 4) is 0 Å². The first-order valence-electron chi connectivity index (χ1n) is 4.62. The molecule has 0 fully saturated rings. The first-order valence-corrected chi connectivity index (χ1v) is 4.62. The summed E-state index contributed by atoms with van der Waals surface area (Å²) in [5.41, 5.74) is 2.31. The van der Waals surface area contributed by atoms with E-state index in [1.807, 2.05) is 12.2 Å². The second-order valence-electron chi connectivity index (χ2n) is 3.27. The molecule has 2 aromatic carbocycles. The minimum atomic E-state index is 1.16. The largest absolute Gasteiger partial charge is 0.0985 e. The van der Waals surface area contributed by atoms with Crippen molar-refractivity contribution in [2.75, 3.05) is 0 Å². The number of rotatable bonds is 2. The average molecular weight is 180 g/mol. The number of benzene rings is 2. The highest BCUT2D eigenvalue weighted by molar-refractivity contribution is 5.86. The Morgan fingerprint density at radius 3 is 1.50 bits per heavy atom. The molecule has 0 amide bonds. The van der Waals surface area contributed by atoms with Crippen molar-refractivity contribution in [3.05, 3.63) is 60.7 Å². The third-order valence-corrected chi connectivity index (χ3v) is 2.36. The Morgan fingerprint density at radius 1 is 0.714 bits per heavy atom. The van der Waals surface area contributed by atoms with E-state index in [1.165, 1.54) is 10.8 Å². The van der Waals surface area contributed by atoms with Crippen LogP contribution in [0.5, 0.6) is 0 Å². The van der Waals surface area contributed by atoms with Crippen molar-refractivity contribution in [2.24, 2.45) is 0 Å². The summed E-state index contributed by atoms with van der Waals surface area (Å²) in [6.45, 7) is 7.51. The predicted molar refractivity (Wildman–Crippen MR) is 64.1 cm³/mol. The highest BCUT2D eigenvalue weighted by Gasteiger charge is 1.94. The summed E-state index contributed by atoms with van der Waals surface area (Å²) in [6.07, 6.45) is 3.72. The molecule has 2 rings (SSSR count). The van der Waals surface area contributed by atoms with Crippen LogP contribution < -0.4 is 0 Å². The molecule has 0 nitrogen and oxygen atoms in total. The summed E-state index contributed by atoms with van der Waals surface area (Å²) in [5, 5.41) is 2.49. The van der Waals surface area contributed by atoms with Crippen molar-refractivity contribution in [2.45, 2.75) is 0 Å². The van der Waals surface area contributed by atoms with Crippen LogP contribution in [0.2, 0.25) is 0 Å². The van der Waals surface area contributed by atoms with E-state index in [0.717, 1.165) is 11.1 Å². The quantitative estimate of drug-likeness (QED) is 0.652. The molecular weight excluding hydrogens is 168 g/mol. The minimum Gasteiger partial charge on any atom is -0.0985 e. The monoisotopic (exact) mass is 180 g/mol. The summed E-state index contributed by atoms with van der Waals surface area (Å²) in [7, 11) is 0. The van der Waals surface area contributed by atoms with Gasteiger partial charge in [-0.05, 0) is 34.0 Å². The Bertz CT molecular complexity index is 445. The van der Waals surface area contributed by atoms with Crippen LogP contribution in [-0.4, -0.2) is 0 Å². The fourth-order valence-electron chi connectivity index (χ4n) is 1.54. The molecule has 0 unspecified atom stereocenters. The maximum absolute atomic E-state index is 3.76. The van der Waals surface area contributed by atoms with Gasteiger partial charge < -0.3 is 0 Å². The van der Waals surface area contributed by atoms with Gasteiger partial charge in [0.25, 0.3) is 0 Å². The Morgan fingerprint density at radius 2 is 1.14 bits per heavy atom. The lowest BCUT2D eigenvalue weighted by atomic mass is 10.0. The number of hydrogen-bond acceptors (Lipinski definition) is 0. The smallest absolute Gasteiger partial charge is 0.0178 e. The lowest BCUT2D eigenvalue weighted by molar-refractivity contribution is 1.69. The molecule has 0 heterocycles. The van der Waals surface area contributed by atoms with Gasteiger partial charge in [0, 0.05) is 0 Å². The van der Waals surface area contributed by atoms with Crippen molar-refractivity contribution in [1.82, 2.24) is 0 Å². The molecule has 68 valence electrons. The predicted octanol–water partition coefficient (Wildman–Crippen LogP) is 4.13. The Hall–Kier alpha value is -1.82. The van der Waals surface area contributed by atoms with Gasteiger partial charge in [-0.2, -0.15) is 0 Å². The molecular formula is C14H12. The van der Waals surface area contributed by atoms with E-state index in [1.54, 1.807) is 0 Å². The third-order valence-electron chi connectivity index (χ3n) is 2.36. The SMILES string of the molecule is C=Cc1ccc2cc(C=C)ccc2c1. The van der Waals surface area contributed by atoms with Crippen LogP contribution in [0, 0.1) is 0 Å². The molecule has 0 saturated carbocycles.